The van der Waals surface area contributed by atoms with Gasteiger partial charge in [0, 0.05) is 36.9 Å². The molecule has 1 unspecified atom stereocenters. The molecule has 0 saturated carbocycles. The van der Waals surface area contributed by atoms with E-state index in [2.05, 4.69) is 27.7 Å². The van der Waals surface area contributed by atoms with Gasteiger partial charge in [-0.1, -0.05) is 55.5 Å². The third kappa shape index (κ3) is 9.18. The normalized spacial score (nSPS) is 17.1. The predicted molar refractivity (Wildman–Crippen MR) is 184 cm³/mol. The average molecular weight is 675 g/mol. The molecule has 8 nitrogen and oxygen atoms in total. The second kappa shape index (κ2) is 15.6. The second-order valence-electron chi connectivity index (χ2n) is 12.6. The van der Waals surface area contributed by atoms with Crippen molar-refractivity contribution in [3.05, 3.63) is 119 Å². The van der Waals surface area contributed by atoms with Gasteiger partial charge >= 0.3 is 6.18 Å². The highest BCUT2D eigenvalue weighted by Gasteiger charge is 2.35. The molecule has 258 valence electrons. The number of hydrogen-bond donors (Lipinski definition) is 3. The van der Waals surface area contributed by atoms with E-state index < -0.39 is 29.8 Å². The number of hydrogen-bond acceptors (Lipinski definition) is 6. The third-order valence-corrected chi connectivity index (χ3v) is 8.57. The van der Waals surface area contributed by atoms with Crippen LogP contribution in [0.25, 0.3) is 0 Å². The van der Waals surface area contributed by atoms with Crippen LogP contribution in [-0.4, -0.2) is 65.6 Å². The summed E-state index contributed by atoms with van der Waals surface area (Å²) in [6.45, 7) is 5.02. The first-order valence-electron chi connectivity index (χ1n) is 16.2. The Kier molecular flexibility index (Phi) is 11.3. The lowest BCUT2D eigenvalue weighted by atomic mass is 9.98. The minimum absolute atomic E-state index is 0.151. The number of rotatable bonds is 11. The zero-order valence-electron chi connectivity index (χ0n) is 27.7. The van der Waals surface area contributed by atoms with E-state index in [1.807, 2.05) is 56.4 Å². The number of benzene rings is 4. The summed E-state index contributed by atoms with van der Waals surface area (Å²) in [5.74, 6) is -0.747. The Bertz CT molecular complexity index is 1720. The van der Waals surface area contributed by atoms with Crippen LogP contribution in [0, 0.1) is 5.92 Å². The van der Waals surface area contributed by atoms with Crippen LogP contribution in [-0.2, 0) is 23.9 Å². The van der Waals surface area contributed by atoms with Gasteiger partial charge in [0.05, 0.1) is 35.9 Å². The Morgan fingerprint density at radius 3 is 2.27 bits per heavy atom. The molecule has 0 aliphatic carbocycles. The lowest BCUT2D eigenvalue weighted by Gasteiger charge is -2.38. The number of anilines is 3. The number of carbonyl (C=O) groups excluding carboxylic acids is 2. The summed E-state index contributed by atoms with van der Waals surface area (Å²) in [7, 11) is 1.99. The van der Waals surface area contributed by atoms with Crippen molar-refractivity contribution in [1.29, 1.82) is 0 Å². The van der Waals surface area contributed by atoms with Crippen LogP contribution < -0.4 is 15.4 Å². The standard InChI is InChI=1S/C38H41F3N4O4/c1-25-21-45(26(2)24-46)37(48)32-10-7-11-33(43-35(47)20-27-12-16-29(17-13-27)38(39,40)41)36(32)49-34(25)23-44(3)22-28-14-18-31(19-15-28)42-30-8-5-4-6-9-30/h4-19,25-26,34,42,46H,20-24H2,1-3H3,(H,43,47)/t25-,26?,34-/m1/s1. The lowest BCUT2D eigenvalue weighted by molar-refractivity contribution is -0.137. The molecule has 0 spiro atoms. The van der Waals surface area contributed by atoms with Crippen LogP contribution in [0.3, 0.4) is 0 Å². The molecule has 11 heteroatoms. The Labute approximate surface area is 284 Å². The summed E-state index contributed by atoms with van der Waals surface area (Å²) in [5, 5.41) is 16.2. The number of para-hydroxylation sites is 2. The maximum atomic E-state index is 13.8. The highest BCUT2D eigenvalue weighted by atomic mass is 19.4. The number of aliphatic hydroxyl groups excluding tert-OH is 1. The molecule has 1 aliphatic heterocycles. The fourth-order valence-corrected chi connectivity index (χ4v) is 5.82. The van der Waals surface area contributed by atoms with Crippen molar-refractivity contribution >= 4 is 28.9 Å². The minimum Gasteiger partial charge on any atom is -0.486 e. The molecule has 1 aliphatic rings. The molecule has 0 fully saturated rings. The van der Waals surface area contributed by atoms with Crippen molar-refractivity contribution in [2.45, 2.75) is 45.1 Å². The molecular weight excluding hydrogens is 633 g/mol. The van der Waals surface area contributed by atoms with Gasteiger partial charge < -0.3 is 25.4 Å². The molecule has 3 atom stereocenters. The van der Waals surface area contributed by atoms with Crippen molar-refractivity contribution in [2.75, 3.05) is 37.4 Å². The summed E-state index contributed by atoms with van der Waals surface area (Å²) in [6, 6.07) is 27.0. The summed E-state index contributed by atoms with van der Waals surface area (Å²) in [6.07, 6.45) is -5.05. The molecule has 0 bridgehead atoms. The molecule has 1 heterocycles. The molecule has 5 rings (SSSR count). The van der Waals surface area contributed by atoms with E-state index in [0.29, 0.717) is 25.2 Å². The van der Waals surface area contributed by atoms with E-state index in [0.717, 1.165) is 29.1 Å². The van der Waals surface area contributed by atoms with Gasteiger partial charge in [0.25, 0.3) is 5.91 Å². The Morgan fingerprint density at radius 1 is 0.959 bits per heavy atom. The molecule has 0 aromatic heterocycles. The summed E-state index contributed by atoms with van der Waals surface area (Å²) < 4.78 is 45.6. The smallest absolute Gasteiger partial charge is 0.416 e. The van der Waals surface area contributed by atoms with Crippen LogP contribution in [0.1, 0.15) is 40.9 Å². The quantitative estimate of drug-likeness (QED) is 0.159. The summed E-state index contributed by atoms with van der Waals surface area (Å²) >= 11 is 0. The predicted octanol–water partition coefficient (Wildman–Crippen LogP) is 6.98. The highest BCUT2D eigenvalue weighted by molar-refractivity contribution is 6.02. The first-order valence-corrected chi connectivity index (χ1v) is 16.2. The fourth-order valence-electron chi connectivity index (χ4n) is 5.82. The average Bonchev–Trinajstić information content (AvgIpc) is 3.07. The Hall–Kier alpha value is -4.87. The van der Waals surface area contributed by atoms with Gasteiger partial charge in [-0.2, -0.15) is 13.2 Å². The first-order chi connectivity index (χ1) is 23.4. The monoisotopic (exact) mass is 674 g/mol. The number of alkyl halides is 3. The summed E-state index contributed by atoms with van der Waals surface area (Å²) in [4.78, 5) is 30.7. The van der Waals surface area contributed by atoms with Gasteiger partial charge in [-0.15, -0.1) is 0 Å². The van der Waals surface area contributed by atoms with Gasteiger partial charge in [0.2, 0.25) is 5.91 Å². The van der Waals surface area contributed by atoms with Crippen LogP contribution in [0.2, 0.25) is 0 Å². The molecular formula is C38H41F3N4O4. The maximum absolute atomic E-state index is 13.8. The zero-order chi connectivity index (χ0) is 35.1. The molecule has 0 saturated heterocycles. The van der Waals surface area contributed by atoms with E-state index in [4.69, 9.17) is 4.74 Å². The van der Waals surface area contributed by atoms with Crippen molar-refractivity contribution in [3.8, 4) is 5.75 Å². The third-order valence-electron chi connectivity index (χ3n) is 8.57. The number of halogens is 3. The Morgan fingerprint density at radius 2 is 1.61 bits per heavy atom. The lowest BCUT2D eigenvalue weighted by Crippen LogP contribution is -2.49. The van der Waals surface area contributed by atoms with Gasteiger partial charge in [-0.25, -0.2) is 0 Å². The Balaban J connectivity index is 1.34. The number of nitrogens with one attached hydrogen (secondary N) is 2. The number of fused-ring (bicyclic) bond motifs is 1. The van der Waals surface area contributed by atoms with E-state index in [1.165, 1.54) is 12.1 Å². The van der Waals surface area contributed by atoms with Crippen LogP contribution in [0.5, 0.6) is 5.75 Å². The number of nitrogens with zero attached hydrogens (tertiary/aromatic N) is 2. The zero-order valence-corrected chi connectivity index (χ0v) is 27.7. The van der Waals surface area contributed by atoms with Crippen molar-refractivity contribution in [1.82, 2.24) is 9.80 Å². The number of likely N-dealkylation sites (N-methyl/N-ethyl adjacent to an activating group) is 1. The van der Waals surface area contributed by atoms with Gasteiger partial charge in [-0.3, -0.25) is 14.5 Å². The minimum atomic E-state index is -4.47. The number of amides is 2. The van der Waals surface area contributed by atoms with Gasteiger partial charge in [0.1, 0.15) is 6.10 Å². The molecule has 2 amide bonds. The van der Waals surface area contributed by atoms with Crippen LogP contribution in [0.15, 0.2) is 97.1 Å². The number of carbonyl (C=O) groups is 2. The van der Waals surface area contributed by atoms with Crippen molar-refractivity contribution < 1.29 is 32.6 Å². The topological polar surface area (TPSA) is 94.1 Å². The van der Waals surface area contributed by atoms with E-state index >= 15 is 0 Å². The van der Waals surface area contributed by atoms with Crippen LogP contribution >= 0.6 is 0 Å². The molecule has 4 aromatic rings. The maximum Gasteiger partial charge on any atom is 0.416 e. The van der Waals surface area contributed by atoms with E-state index in [1.54, 1.807) is 30.0 Å². The molecule has 3 N–H and O–H groups in total. The fraction of sp³-hybridized carbons (Fsp3) is 0.316. The molecule has 49 heavy (non-hydrogen) atoms. The van der Waals surface area contributed by atoms with Gasteiger partial charge in [0.15, 0.2) is 5.75 Å². The second-order valence-corrected chi connectivity index (χ2v) is 12.6. The van der Waals surface area contributed by atoms with E-state index in [-0.39, 0.29) is 41.9 Å². The largest absolute Gasteiger partial charge is 0.486 e. The number of ether oxygens (including phenoxy) is 1. The highest BCUT2D eigenvalue weighted by Crippen LogP contribution is 2.35. The first kappa shape index (κ1) is 35.4. The molecule has 0 radical (unpaired) electrons. The SMILES string of the molecule is CC(CO)N1C[C@@H](C)[C@@H](CN(C)Cc2ccc(Nc3ccccc3)cc2)Oc2c(NC(=O)Cc3ccc(C(F)(F)F)cc3)cccc2C1=O. The van der Waals surface area contributed by atoms with Gasteiger partial charge in [-0.05, 0) is 73.6 Å². The summed E-state index contributed by atoms with van der Waals surface area (Å²) in [5.41, 5.74) is 3.21. The van der Waals surface area contributed by atoms with Crippen molar-refractivity contribution in [2.24, 2.45) is 5.92 Å². The van der Waals surface area contributed by atoms with Crippen molar-refractivity contribution in [3.63, 3.8) is 0 Å². The van der Waals surface area contributed by atoms with Crippen LogP contribution in [0.4, 0.5) is 30.2 Å². The van der Waals surface area contributed by atoms with E-state index in [9.17, 15) is 27.9 Å². The molecule has 4 aromatic carbocycles. The number of aliphatic hydroxyl groups is 1.